The van der Waals surface area contributed by atoms with Gasteiger partial charge in [0.2, 0.25) is 0 Å². The number of carbonyl (C=O) groups excluding carboxylic acids is 2. The Kier molecular flexibility index (Phi) is 4.18. The van der Waals surface area contributed by atoms with Gasteiger partial charge in [-0.25, -0.2) is 4.90 Å². The second-order valence-corrected chi connectivity index (χ2v) is 8.94. The second-order valence-electron chi connectivity index (χ2n) is 8.94. The van der Waals surface area contributed by atoms with Crippen molar-refractivity contribution in [3.63, 3.8) is 0 Å². The predicted octanol–water partition coefficient (Wildman–Crippen LogP) is 5.61. The van der Waals surface area contributed by atoms with Crippen molar-refractivity contribution in [2.75, 3.05) is 9.80 Å². The normalized spacial score (nSPS) is 20.3. The number of aryl methyl sites for hydroxylation is 3. The van der Waals surface area contributed by atoms with Gasteiger partial charge >= 0.3 is 0 Å². The van der Waals surface area contributed by atoms with Gasteiger partial charge in [-0.2, -0.15) is 0 Å². The maximum Gasteiger partial charge on any atom is 0.268 e. The molecule has 2 unspecified atom stereocenters. The van der Waals surface area contributed by atoms with Gasteiger partial charge < -0.3 is 4.90 Å². The maximum atomic E-state index is 13.9. The summed E-state index contributed by atoms with van der Waals surface area (Å²) in [6.07, 6.45) is 5.74. The maximum absolute atomic E-state index is 13.9. The number of para-hydroxylation sites is 1. The number of benzene rings is 3. The molecule has 3 aromatic rings. The molecule has 3 aromatic carbocycles. The summed E-state index contributed by atoms with van der Waals surface area (Å²) in [5.41, 5.74) is 7.41. The molecule has 2 amide bonds. The fourth-order valence-corrected chi connectivity index (χ4v) is 5.59. The number of hydrogen-bond donors (Lipinski definition) is 0. The van der Waals surface area contributed by atoms with Gasteiger partial charge in [0, 0.05) is 17.8 Å². The molecule has 2 atom stereocenters. The van der Waals surface area contributed by atoms with E-state index in [0.717, 1.165) is 28.1 Å². The molecule has 0 saturated heterocycles. The van der Waals surface area contributed by atoms with Gasteiger partial charge in [0.15, 0.2) is 0 Å². The smallest absolute Gasteiger partial charge is 0.268 e. The van der Waals surface area contributed by atoms with Crippen molar-refractivity contribution in [2.24, 2.45) is 4.99 Å². The number of fused-ring (bicyclic) bond motifs is 4. The van der Waals surface area contributed by atoms with Gasteiger partial charge in [0.1, 0.15) is 6.17 Å². The highest BCUT2D eigenvalue weighted by Crippen LogP contribution is 2.49. The Labute approximate surface area is 192 Å². The van der Waals surface area contributed by atoms with Crippen LogP contribution in [0.2, 0.25) is 0 Å². The van der Waals surface area contributed by atoms with Gasteiger partial charge in [0.05, 0.1) is 22.5 Å². The number of nitrogens with zero attached hydrogens (tertiary/aromatic N) is 3. The molecule has 0 radical (unpaired) electrons. The Morgan fingerprint density at radius 1 is 0.848 bits per heavy atom. The standard InChI is InChI=1S/C28H23N3O2/c1-16-14-17(2)25(18(3)15-16)31-27(32)21-9-6-12-23(24(21)28(31)33)30-22-11-5-4-8-19(22)20-10-7-13-29-26(20)30/h4-15,20,26H,1-3H3. The van der Waals surface area contributed by atoms with E-state index >= 15 is 0 Å². The van der Waals surface area contributed by atoms with Crippen molar-refractivity contribution in [1.82, 2.24) is 0 Å². The van der Waals surface area contributed by atoms with Crippen LogP contribution in [0, 0.1) is 20.8 Å². The average Bonchev–Trinajstić information content (AvgIpc) is 3.26. The first-order valence-corrected chi connectivity index (χ1v) is 11.1. The summed E-state index contributed by atoms with van der Waals surface area (Å²) in [4.78, 5) is 35.6. The third-order valence-corrected chi connectivity index (χ3v) is 6.80. The lowest BCUT2D eigenvalue weighted by Crippen LogP contribution is -2.32. The van der Waals surface area contributed by atoms with E-state index in [1.165, 1.54) is 10.5 Å². The van der Waals surface area contributed by atoms with Crippen molar-refractivity contribution in [2.45, 2.75) is 32.9 Å². The molecule has 3 aliphatic rings. The molecule has 5 heteroatoms. The van der Waals surface area contributed by atoms with Gasteiger partial charge in [-0.05, 0) is 61.7 Å². The lowest BCUT2D eigenvalue weighted by atomic mass is 9.97. The minimum atomic E-state index is -0.281. The number of rotatable bonds is 2. The summed E-state index contributed by atoms with van der Waals surface area (Å²) in [6.45, 7) is 5.92. The van der Waals surface area contributed by atoms with E-state index < -0.39 is 0 Å². The number of imide groups is 1. The van der Waals surface area contributed by atoms with E-state index in [4.69, 9.17) is 4.99 Å². The Bertz CT molecular complexity index is 1400. The molecule has 0 aliphatic carbocycles. The summed E-state index contributed by atoms with van der Waals surface area (Å²) in [7, 11) is 0. The third-order valence-electron chi connectivity index (χ3n) is 6.80. The second kappa shape index (κ2) is 7.01. The van der Waals surface area contributed by atoms with Crippen LogP contribution in [-0.4, -0.2) is 24.2 Å². The number of dihydropyridines is 1. The van der Waals surface area contributed by atoms with Crippen molar-refractivity contribution in [3.05, 3.63) is 100 Å². The summed E-state index contributed by atoms with van der Waals surface area (Å²) in [6, 6.07) is 17.8. The minimum Gasteiger partial charge on any atom is -0.317 e. The van der Waals surface area contributed by atoms with Crippen molar-refractivity contribution >= 4 is 35.1 Å². The summed E-state index contributed by atoms with van der Waals surface area (Å²) in [5.74, 6) is -0.452. The van der Waals surface area contributed by atoms with Crippen LogP contribution in [-0.2, 0) is 0 Å². The van der Waals surface area contributed by atoms with E-state index in [1.807, 2.05) is 69.5 Å². The molecule has 33 heavy (non-hydrogen) atoms. The van der Waals surface area contributed by atoms with Crippen LogP contribution in [0.1, 0.15) is 48.9 Å². The number of anilines is 3. The first-order valence-electron chi connectivity index (χ1n) is 11.1. The first kappa shape index (κ1) is 19.7. The Balaban J connectivity index is 1.53. The largest absolute Gasteiger partial charge is 0.317 e. The number of amides is 2. The molecular weight excluding hydrogens is 410 g/mol. The van der Waals surface area contributed by atoms with Crippen molar-refractivity contribution < 1.29 is 9.59 Å². The zero-order valence-corrected chi connectivity index (χ0v) is 18.7. The Hall–Kier alpha value is -3.99. The number of allylic oxidation sites excluding steroid dienone is 1. The quantitative estimate of drug-likeness (QED) is 0.493. The Morgan fingerprint density at radius 2 is 1.58 bits per heavy atom. The zero-order chi connectivity index (χ0) is 22.9. The summed E-state index contributed by atoms with van der Waals surface area (Å²) >= 11 is 0. The van der Waals surface area contributed by atoms with E-state index in [1.54, 1.807) is 6.07 Å². The fraction of sp³-hybridized carbons (Fsp3) is 0.179. The molecule has 0 aromatic heterocycles. The third kappa shape index (κ3) is 2.68. The average molecular weight is 434 g/mol. The molecule has 3 aliphatic heterocycles. The van der Waals surface area contributed by atoms with Crippen LogP contribution in [0.3, 0.4) is 0 Å². The van der Waals surface area contributed by atoms with Gasteiger partial charge in [-0.15, -0.1) is 0 Å². The number of hydrogen-bond acceptors (Lipinski definition) is 4. The predicted molar refractivity (Wildman–Crippen MR) is 131 cm³/mol. The lowest BCUT2D eigenvalue weighted by Gasteiger charge is -2.29. The van der Waals surface area contributed by atoms with E-state index in [2.05, 4.69) is 23.1 Å². The van der Waals surface area contributed by atoms with Crippen LogP contribution in [0.15, 0.2) is 71.7 Å². The zero-order valence-electron chi connectivity index (χ0n) is 18.7. The summed E-state index contributed by atoms with van der Waals surface area (Å²) < 4.78 is 0. The van der Waals surface area contributed by atoms with Gasteiger partial charge in [-0.1, -0.05) is 48.0 Å². The van der Waals surface area contributed by atoms with Crippen LogP contribution in [0.25, 0.3) is 0 Å². The monoisotopic (exact) mass is 433 g/mol. The summed E-state index contributed by atoms with van der Waals surface area (Å²) in [5, 5.41) is 0. The molecule has 0 N–H and O–H groups in total. The molecule has 3 heterocycles. The highest BCUT2D eigenvalue weighted by atomic mass is 16.2. The number of aliphatic imine (C=N–C) groups is 1. The topological polar surface area (TPSA) is 53.0 Å². The van der Waals surface area contributed by atoms with Crippen LogP contribution in [0.5, 0.6) is 0 Å². The van der Waals surface area contributed by atoms with E-state index in [0.29, 0.717) is 16.8 Å². The van der Waals surface area contributed by atoms with Crippen molar-refractivity contribution in [1.29, 1.82) is 0 Å². The molecule has 0 fully saturated rings. The first-order chi connectivity index (χ1) is 16.0. The van der Waals surface area contributed by atoms with Gasteiger partial charge in [-0.3, -0.25) is 14.6 Å². The molecule has 0 bridgehead atoms. The van der Waals surface area contributed by atoms with Crippen LogP contribution < -0.4 is 9.80 Å². The van der Waals surface area contributed by atoms with Crippen LogP contribution >= 0.6 is 0 Å². The van der Waals surface area contributed by atoms with Crippen molar-refractivity contribution in [3.8, 4) is 0 Å². The highest BCUT2D eigenvalue weighted by Gasteiger charge is 2.45. The number of carbonyl (C=O) groups is 2. The molecule has 0 saturated carbocycles. The van der Waals surface area contributed by atoms with E-state index in [9.17, 15) is 9.59 Å². The molecule has 162 valence electrons. The molecule has 0 spiro atoms. The molecule has 6 rings (SSSR count). The fourth-order valence-electron chi connectivity index (χ4n) is 5.59. The SMILES string of the molecule is Cc1cc(C)c(N2C(=O)c3cccc(N4c5ccccc5C5C=CC=NC54)c3C2=O)c(C)c1. The minimum absolute atomic E-state index is 0.104. The Morgan fingerprint density at radius 3 is 2.36 bits per heavy atom. The van der Waals surface area contributed by atoms with Crippen LogP contribution in [0.4, 0.5) is 17.1 Å². The lowest BCUT2D eigenvalue weighted by molar-refractivity contribution is 0.0926. The molecule has 5 nitrogen and oxygen atoms in total. The van der Waals surface area contributed by atoms with Gasteiger partial charge in [0.25, 0.3) is 11.8 Å². The van der Waals surface area contributed by atoms with E-state index in [-0.39, 0.29) is 23.9 Å². The molecular formula is C28H23N3O2. The highest BCUT2D eigenvalue weighted by molar-refractivity contribution is 6.36.